The molecule has 7 nitrogen and oxygen atoms in total. The van der Waals surface area contributed by atoms with Crippen molar-refractivity contribution >= 4 is 28.3 Å². The molecule has 1 aliphatic rings. The van der Waals surface area contributed by atoms with E-state index in [2.05, 4.69) is 31.8 Å². The summed E-state index contributed by atoms with van der Waals surface area (Å²) in [5, 5.41) is 9.99. The van der Waals surface area contributed by atoms with Crippen LogP contribution < -0.4 is 14.5 Å². The second-order valence-corrected chi connectivity index (χ2v) is 10.2. The van der Waals surface area contributed by atoms with Crippen molar-refractivity contribution in [2.45, 2.75) is 26.2 Å². The number of aromatic nitrogens is 2. The van der Waals surface area contributed by atoms with E-state index in [4.69, 9.17) is 15.0 Å². The summed E-state index contributed by atoms with van der Waals surface area (Å²) in [7, 11) is 1.64. The van der Waals surface area contributed by atoms with Gasteiger partial charge in [-0.25, -0.2) is 4.98 Å². The highest BCUT2D eigenvalue weighted by Crippen LogP contribution is 2.39. The Morgan fingerprint density at radius 2 is 1.76 bits per heavy atom. The molecule has 0 spiro atoms. The molecule has 3 heterocycles. The van der Waals surface area contributed by atoms with Crippen molar-refractivity contribution < 1.29 is 9.53 Å². The Kier molecular flexibility index (Phi) is 6.26. The lowest BCUT2D eigenvalue weighted by Gasteiger charge is -2.35. The third-order valence-electron chi connectivity index (χ3n) is 6.81. The Labute approximate surface area is 216 Å². The monoisotopic (exact) mass is 491 g/mol. The van der Waals surface area contributed by atoms with Crippen LogP contribution in [0.25, 0.3) is 22.0 Å². The Balaban J connectivity index is 1.43. The molecule has 0 unspecified atom stereocenters. The predicted octanol–water partition coefficient (Wildman–Crippen LogP) is 5.33. The van der Waals surface area contributed by atoms with E-state index in [1.807, 2.05) is 53.6 Å². The van der Waals surface area contributed by atoms with Crippen molar-refractivity contribution in [1.82, 2.24) is 9.97 Å². The summed E-state index contributed by atoms with van der Waals surface area (Å²) in [6.07, 6.45) is 3.64. The Morgan fingerprint density at radius 1 is 0.973 bits per heavy atom. The van der Waals surface area contributed by atoms with Gasteiger partial charge in [0.05, 0.1) is 42.7 Å². The fraction of sp³-hybridized carbons (Fsp3) is 0.267. The number of carbonyl (C=O) groups excluding carboxylic acids is 1. The Morgan fingerprint density at radius 3 is 2.38 bits per heavy atom. The molecule has 1 amide bonds. The number of piperazine rings is 1. The summed E-state index contributed by atoms with van der Waals surface area (Å²) >= 11 is 0. The largest absolute Gasteiger partial charge is 0.494 e. The van der Waals surface area contributed by atoms with Gasteiger partial charge in [-0.05, 0) is 40.8 Å². The van der Waals surface area contributed by atoms with E-state index < -0.39 is 0 Å². The van der Waals surface area contributed by atoms with Crippen LogP contribution in [-0.4, -0.2) is 42.6 Å². The number of anilines is 2. The molecule has 37 heavy (non-hydrogen) atoms. The molecule has 0 saturated carbocycles. The van der Waals surface area contributed by atoms with Gasteiger partial charge in [-0.15, -0.1) is 0 Å². The number of carbonyl (C=O) groups is 1. The van der Waals surface area contributed by atoms with Crippen LogP contribution in [-0.2, 0) is 10.2 Å². The molecule has 0 N–H and O–H groups in total. The maximum atomic E-state index is 13.2. The minimum atomic E-state index is -0.0178. The average molecular weight is 492 g/mol. The van der Waals surface area contributed by atoms with E-state index in [0.717, 1.165) is 33.3 Å². The molecule has 4 aromatic rings. The molecule has 0 bridgehead atoms. The van der Waals surface area contributed by atoms with Crippen LogP contribution in [0.15, 0.2) is 67.0 Å². The fourth-order valence-corrected chi connectivity index (χ4v) is 4.70. The molecule has 1 aliphatic heterocycles. The first kappa shape index (κ1) is 24.3. The van der Waals surface area contributed by atoms with Gasteiger partial charge in [-0.1, -0.05) is 51.1 Å². The first-order valence-corrected chi connectivity index (χ1v) is 12.3. The SMILES string of the molecule is COc1c(N2CCN(c3ccc(C(C)(C)C)cn3)C(=O)C2)cnc2c(-c3ccc(C#N)cc3)cccc12. The second-order valence-electron chi connectivity index (χ2n) is 10.2. The number of nitriles is 1. The van der Waals surface area contributed by atoms with Crippen molar-refractivity contribution in [3.63, 3.8) is 0 Å². The molecule has 2 aromatic heterocycles. The van der Waals surface area contributed by atoms with Gasteiger partial charge in [-0.2, -0.15) is 5.26 Å². The molecule has 0 radical (unpaired) electrons. The molecule has 5 rings (SSSR count). The lowest BCUT2D eigenvalue weighted by molar-refractivity contribution is -0.117. The lowest BCUT2D eigenvalue weighted by Crippen LogP contribution is -2.51. The molecule has 0 atom stereocenters. The highest BCUT2D eigenvalue weighted by atomic mass is 16.5. The molecule has 1 fully saturated rings. The lowest BCUT2D eigenvalue weighted by atomic mass is 9.88. The molecule has 186 valence electrons. The summed E-state index contributed by atoms with van der Waals surface area (Å²) in [4.78, 5) is 26.3. The summed E-state index contributed by atoms with van der Waals surface area (Å²) in [5.74, 6) is 1.35. The minimum absolute atomic E-state index is 0.00776. The van der Waals surface area contributed by atoms with Gasteiger partial charge in [0, 0.05) is 30.2 Å². The van der Waals surface area contributed by atoms with Crippen LogP contribution >= 0.6 is 0 Å². The zero-order valence-corrected chi connectivity index (χ0v) is 21.5. The van der Waals surface area contributed by atoms with E-state index in [-0.39, 0.29) is 17.9 Å². The summed E-state index contributed by atoms with van der Waals surface area (Å²) in [5.41, 5.74) is 5.28. The predicted molar refractivity (Wildman–Crippen MR) is 146 cm³/mol. The van der Waals surface area contributed by atoms with E-state index in [1.54, 1.807) is 30.3 Å². The number of ether oxygens (including phenoxy) is 1. The zero-order chi connectivity index (χ0) is 26.2. The number of amides is 1. The number of hydrogen-bond acceptors (Lipinski definition) is 6. The van der Waals surface area contributed by atoms with Crippen LogP contribution in [0.2, 0.25) is 0 Å². The molecule has 7 heteroatoms. The highest BCUT2D eigenvalue weighted by Gasteiger charge is 2.29. The maximum Gasteiger partial charge on any atom is 0.247 e. The van der Waals surface area contributed by atoms with Crippen molar-refractivity contribution in [1.29, 1.82) is 5.26 Å². The van der Waals surface area contributed by atoms with Crippen molar-refractivity contribution in [3.8, 4) is 22.9 Å². The number of para-hydroxylation sites is 1. The van der Waals surface area contributed by atoms with Gasteiger partial charge in [0.2, 0.25) is 5.91 Å². The summed E-state index contributed by atoms with van der Waals surface area (Å²) < 4.78 is 5.87. The zero-order valence-electron chi connectivity index (χ0n) is 21.5. The van der Waals surface area contributed by atoms with Crippen molar-refractivity contribution in [2.75, 3.05) is 36.5 Å². The van der Waals surface area contributed by atoms with E-state index in [9.17, 15) is 4.79 Å². The number of nitrogens with zero attached hydrogens (tertiary/aromatic N) is 5. The molecule has 1 saturated heterocycles. The topological polar surface area (TPSA) is 82.3 Å². The van der Waals surface area contributed by atoms with Gasteiger partial charge in [-0.3, -0.25) is 14.7 Å². The van der Waals surface area contributed by atoms with E-state index >= 15 is 0 Å². The minimum Gasteiger partial charge on any atom is -0.494 e. The molecular formula is C30H29N5O2. The van der Waals surface area contributed by atoms with Gasteiger partial charge in [0.25, 0.3) is 0 Å². The fourth-order valence-electron chi connectivity index (χ4n) is 4.70. The second kappa shape index (κ2) is 9.55. The number of methoxy groups -OCH3 is 1. The average Bonchev–Trinajstić information content (AvgIpc) is 2.91. The normalized spacial score (nSPS) is 14.1. The van der Waals surface area contributed by atoms with Crippen LogP contribution in [0.3, 0.4) is 0 Å². The number of rotatable bonds is 4. The van der Waals surface area contributed by atoms with Crippen LogP contribution in [0.4, 0.5) is 11.5 Å². The van der Waals surface area contributed by atoms with Gasteiger partial charge in [0.15, 0.2) is 5.75 Å². The quantitative estimate of drug-likeness (QED) is 0.384. The first-order valence-electron chi connectivity index (χ1n) is 12.3. The third-order valence-corrected chi connectivity index (χ3v) is 6.81. The number of benzene rings is 2. The van der Waals surface area contributed by atoms with E-state index in [1.165, 1.54) is 0 Å². The summed E-state index contributed by atoms with van der Waals surface area (Å²) in [6, 6.07) is 19.5. The third kappa shape index (κ3) is 4.58. The van der Waals surface area contributed by atoms with Crippen LogP contribution in [0.1, 0.15) is 31.9 Å². The van der Waals surface area contributed by atoms with Crippen molar-refractivity contribution in [2.24, 2.45) is 0 Å². The number of pyridine rings is 2. The Bertz CT molecular complexity index is 1500. The van der Waals surface area contributed by atoms with Gasteiger partial charge >= 0.3 is 0 Å². The number of hydrogen-bond donors (Lipinski definition) is 0. The van der Waals surface area contributed by atoms with Crippen LogP contribution in [0.5, 0.6) is 5.75 Å². The van der Waals surface area contributed by atoms with Gasteiger partial charge in [0.1, 0.15) is 5.82 Å². The molecule has 2 aromatic carbocycles. The molecular weight excluding hydrogens is 462 g/mol. The first-order chi connectivity index (χ1) is 17.8. The van der Waals surface area contributed by atoms with Gasteiger partial charge < -0.3 is 9.64 Å². The highest BCUT2D eigenvalue weighted by molar-refractivity contribution is 6.01. The smallest absolute Gasteiger partial charge is 0.247 e. The van der Waals surface area contributed by atoms with E-state index in [0.29, 0.717) is 30.2 Å². The number of fused-ring (bicyclic) bond motifs is 1. The standard InChI is InChI=1S/C30H29N5O2/c1-30(2,3)22-12-13-26(32-17-22)35-15-14-34(19-27(35)36)25-18-33-28-23(6-5-7-24(28)29(25)37-4)21-10-8-20(16-31)9-11-21/h5-13,17-18H,14-15,19H2,1-4H3. The van der Waals surface area contributed by atoms with Crippen LogP contribution in [0, 0.1) is 11.3 Å². The Hall–Kier alpha value is -4.44. The van der Waals surface area contributed by atoms with Crippen molar-refractivity contribution in [3.05, 3.63) is 78.1 Å². The summed E-state index contributed by atoms with van der Waals surface area (Å²) in [6.45, 7) is 7.80. The molecule has 0 aliphatic carbocycles. The maximum absolute atomic E-state index is 13.2.